The molecule has 1 unspecified atom stereocenters. The van der Waals surface area contributed by atoms with Gasteiger partial charge in [-0.15, -0.1) is 6.42 Å². The van der Waals surface area contributed by atoms with Gasteiger partial charge in [0.05, 0.1) is 6.10 Å². The molecular formula is C25H43KO. The second kappa shape index (κ2) is 21.4. The third kappa shape index (κ3) is 17.2. The molecule has 2 heteroatoms. The number of rotatable bonds is 18. The summed E-state index contributed by atoms with van der Waals surface area (Å²) in [5.41, 5.74) is 0. The smallest absolute Gasteiger partial charge is 0.493 e. The number of benzene rings is 1. The van der Waals surface area contributed by atoms with Crippen molar-refractivity contribution in [1.29, 1.82) is 0 Å². The van der Waals surface area contributed by atoms with Crippen LogP contribution in [0, 0.1) is 6.92 Å². The first kappa shape index (κ1) is 27.7. The van der Waals surface area contributed by atoms with Gasteiger partial charge in [0.15, 0.2) is 0 Å². The molecule has 0 saturated carbocycles. The third-order valence-corrected chi connectivity index (χ3v) is 5.25. The summed E-state index contributed by atoms with van der Waals surface area (Å²) < 4.78 is 6.01. The van der Waals surface area contributed by atoms with Gasteiger partial charge in [-0.05, 0) is 25.0 Å². The Morgan fingerprint density at radius 2 is 1.15 bits per heavy atom. The first-order valence-electron chi connectivity index (χ1n) is 11.4. The SMILES string of the molecule is [CH2-]CC(CCCCCCCCCCCCCCCC)Oc1ccccc1.[K+]. The Morgan fingerprint density at radius 1 is 0.704 bits per heavy atom. The maximum Gasteiger partial charge on any atom is 1.00 e. The quantitative estimate of drug-likeness (QED) is 0.179. The molecule has 1 aromatic carbocycles. The van der Waals surface area contributed by atoms with Gasteiger partial charge in [0.1, 0.15) is 5.75 Å². The molecule has 0 aromatic heterocycles. The molecule has 1 nitrogen and oxygen atoms in total. The second-order valence-corrected chi connectivity index (χ2v) is 7.73. The Bertz CT molecular complexity index is 393. The van der Waals surface area contributed by atoms with Crippen LogP contribution in [0.15, 0.2) is 30.3 Å². The molecule has 1 rings (SSSR count). The summed E-state index contributed by atoms with van der Waals surface area (Å²) in [5.74, 6) is 0.978. The summed E-state index contributed by atoms with van der Waals surface area (Å²) in [6.07, 6.45) is 22.0. The molecule has 0 fully saturated rings. The van der Waals surface area contributed by atoms with Crippen molar-refractivity contribution in [2.75, 3.05) is 0 Å². The molecule has 27 heavy (non-hydrogen) atoms. The molecule has 0 amide bonds. The van der Waals surface area contributed by atoms with Crippen LogP contribution in [0.3, 0.4) is 0 Å². The van der Waals surface area contributed by atoms with Crippen molar-refractivity contribution >= 4 is 0 Å². The van der Waals surface area contributed by atoms with E-state index in [0.717, 1.165) is 18.6 Å². The third-order valence-electron chi connectivity index (χ3n) is 5.25. The molecule has 0 spiro atoms. The van der Waals surface area contributed by atoms with Gasteiger partial charge in [0.2, 0.25) is 0 Å². The predicted molar refractivity (Wildman–Crippen MR) is 116 cm³/mol. The summed E-state index contributed by atoms with van der Waals surface area (Å²) in [5, 5.41) is 0. The fourth-order valence-electron chi connectivity index (χ4n) is 3.52. The molecule has 1 aromatic rings. The summed E-state index contributed by atoms with van der Waals surface area (Å²) in [6, 6.07) is 10.2. The fraction of sp³-hybridized carbons (Fsp3) is 0.720. The molecule has 0 bridgehead atoms. The van der Waals surface area contributed by atoms with Crippen molar-refractivity contribution in [1.82, 2.24) is 0 Å². The maximum atomic E-state index is 6.01. The zero-order chi connectivity index (χ0) is 18.7. The van der Waals surface area contributed by atoms with Crippen LogP contribution >= 0.6 is 0 Å². The van der Waals surface area contributed by atoms with Crippen molar-refractivity contribution in [2.24, 2.45) is 0 Å². The van der Waals surface area contributed by atoms with Crippen molar-refractivity contribution in [3.63, 3.8) is 0 Å². The van der Waals surface area contributed by atoms with E-state index < -0.39 is 0 Å². The van der Waals surface area contributed by atoms with Crippen LogP contribution in [0.5, 0.6) is 5.75 Å². The zero-order valence-corrected chi connectivity index (χ0v) is 21.5. The molecule has 0 saturated heterocycles. The van der Waals surface area contributed by atoms with Gasteiger partial charge in [-0.3, -0.25) is 0 Å². The van der Waals surface area contributed by atoms with Crippen LogP contribution in [0.4, 0.5) is 0 Å². The van der Waals surface area contributed by atoms with Gasteiger partial charge >= 0.3 is 51.4 Å². The summed E-state index contributed by atoms with van der Waals surface area (Å²) in [4.78, 5) is 0. The van der Waals surface area contributed by atoms with Crippen molar-refractivity contribution in [3.05, 3.63) is 37.3 Å². The average Bonchev–Trinajstić information content (AvgIpc) is 2.68. The van der Waals surface area contributed by atoms with E-state index in [4.69, 9.17) is 4.74 Å². The van der Waals surface area contributed by atoms with Gasteiger partial charge in [-0.1, -0.05) is 109 Å². The van der Waals surface area contributed by atoms with Gasteiger partial charge < -0.3 is 11.7 Å². The van der Waals surface area contributed by atoms with E-state index in [2.05, 4.69) is 13.8 Å². The van der Waals surface area contributed by atoms with Gasteiger partial charge in [-0.2, -0.15) is 0 Å². The van der Waals surface area contributed by atoms with Crippen molar-refractivity contribution < 1.29 is 56.1 Å². The molecule has 0 N–H and O–H groups in total. The topological polar surface area (TPSA) is 9.23 Å². The van der Waals surface area contributed by atoms with Gasteiger partial charge in [0.25, 0.3) is 0 Å². The molecule has 0 radical (unpaired) electrons. The van der Waals surface area contributed by atoms with Gasteiger partial charge in [0, 0.05) is 0 Å². The van der Waals surface area contributed by atoms with E-state index >= 15 is 0 Å². The zero-order valence-electron chi connectivity index (χ0n) is 18.4. The number of ether oxygens (including phenoxy) is 1. The number of hydrogen-bond donors (Lipinski definition) is 0. The average molecular weight is 399 g/mol. The predicted octanol–water partition coefficient (Wildman–Crippen LogP) is 5.53. The van der Waals surface area contributed by atoms with E-state index in [9.17, 15) is 0 Å². The van der Waals surface area contributed by atoms with E-state index in [1.54, 1.807) is 0 Å². The van der Waals surface area contributed by atoms with E-state index in [0.29, 0.717) is 0 Å². The normalized spacial score (nSPS) is 11.8. The number of unbranched alkanes of at least 4 members (excludes halogenated alkanes) is 13. The van der Waals surface area contributed by atoms with Crippen molar-refractivity contribution in [2.45, 2.75) is 116 Å². The Balaban J connectivity index is 0.00000676. The van der Waals surface area contributed by atoms with Crippen LogP contribution in [-0.2, 0) is 0 Å². The van der Waals surface area contributed by atoms with Crippen molar-refractivity contribution in [3.8, 4) is 5.75 Å². The minimum Gasteiger partial charge on any atom is -0.493 e. The first-order valence-corrected chi connectivity index (χ1v) is 11.4. The Hall–Kier alpha value is 0.656. The van der Waals surface area contributed by atoms with Crippen LogP contribution in [0.25, 0.3) is 0 Å². The molecular weight excluding hydrogens is 355 g/mol. The Morgan fingerprint density at radius 3 is 1.59 bits per heavy atom. The second-order valence-electron chi connectivity index (χ2n) is 7.73. The molecule has 0 aliphatic heterocycles. The molecule has 0 aliphatic rings. The fourth-order valence-corrected chi connectivity index (χ4v) is 3.52. The van der Waals surface area contributed by atoms with E-state index in [1.807, 2.05) is 30.3 Å². The van der Waals surface area contributed by atoms with Crippen LogP contribution < -0.4 is 56.1 Å². The largest absolute Gasteiger partial charge is 1.00 e. The minimum absolute atomic E-state index is 0. The van der Waals surface area contributed by atoms with Crippen LogP contribution in [0.2, 0.25) is 0 Å². The summed E-state index contributed by atoms with van der Waals surface area (Å²) in [7, 11) is 0. The number of hydrogen-bond acceptors (Lipinski definition) is 1. The minimum atomic E-state index is 0. The van der Waals surface area contributed by atoms with Crippen LogP contribution in [-0.4, -0.2) is 6.10 Å². The summed E-state index contributed by atoms with van der Waals surface area (Å²) in [6.45, 7) is 6.33. The molecule has 0 heterocycles. The standard InChI is InChI=1S/C25H43O.K/c1-3-5-6-7-8-9-10-11-12-13-14-15-16-18-21-24(4-2)26-25-22-19-17-20-23-25;/h17,19-20,22-24H,2-16,18,21H2,1H3;/q-1;+1. The maximum absolute atomic E-state index is 6.01. The van der Waals surface area contributed by atoms with E-state index in [1.165, 1.54) is 89.9 Å². The molecule has 150 valence electrons. The Kier molecular flexibility index (Phi) is 21.9. The van der Waals surface area contributed by atoms with Gasteiger partial charge in [-0.25, -0.2) is 0 Å². The molecule has 0 aliphatic carbocycles. The summed E-state index contributed by atoms with van der Waals surface area (Å²) >= 11 is 0. The van der Waals surface area contributed by atoms with E-state index in [-0.39, 0.29) is 57.5 Å². The first-order chi connectivity index (χ1) is 12.9. The monoisotopic (exact) mass is 398 g/mol. The number of para-hydroxylation sites is 1. The van der Waals surface area contributed by atoms with Crippen LogP contribution in [0.1, 0.15) is 110 Å². The molecule has 1 atom stereocenters. The Labute approximate surface area is 212 Å².